The normalized spacial score (nSPS) is 12.9. The molecular formula is C12H14O3. The summed E-state index contributed by atoms with van der Waals surface area (Å²) >= 11 is 0. The number of aryl methyl sites for hydroxylation is 1. The molecule has 0 radical (unpaired) electrons. The van der Waals surface area contributed by atoms with E-state index in [1.807, 2.05) is 30.3 Å². The molecule has 80 valence electrons. The second-order valence-corrected chi connectivity index (χ2v) is 3.24. The van der Waals surface area contributed by atoms with E-state index in [-0.39, 0.29) is 0 Å². The van der Waals surface area contributed by atoms with E-state index < -0.39 is 12.1 Å². The minimum Gasteiger partial charge on any atom is -0.479 e. The van der Waals surface area contributed by atoms with Crippen LogP contribution in [0.3, 0.4) is 0 Å². The third kappa shape index (κ3) is 4.42. The van der Waals surface area contributed by atoms with E-state index in [0.29, 0.717) is 0 Å². The number of hydrogen-bond acceptors (Lipinski definition) is 2. The minimum atomic E-state index is -1.39. The molecule has 2 N–H and O–H groups in total. The summed E-state index contributed by atoms with van der Waals surface area (Å²) in [5.74, 6) is -1.22. The summed E-state index contributed by atoms with van der Waals surface area (Å²) in [6.45, 7) is 0. The average Bonchev–Trinajstić information content (AvgIpc) is 2.25. The molecular weight excluding hydrogens is 192 g/mol. The summed E-state index contributed by atoms with van der Waals surface area (Å²) in [6, 6.07) is 9.91. The highest BCUT2D eigenvalue weighted by Gasteiger charge is 2.06. The third-order valence-corrected chi connectivity index (χ3v) is 2.01. The van der Waals surface area contributed by atoms with E-state index >= 15 is 0 Å². The van der Waals surface area contributed by atoms with Crippen molar-refractivity contribution in [1.29, 1.82) is 0 Å². The van der Waals surface area contributed by atoms with Crippen LogP contribution < -0.4 is 0 Å². The smallest absolute Gasteiger partial charge is 0.336 e. The zero-order valence-electron chi connectivity index (χ0n) is 8.34. The van der Waals surface area contributed by atoms with Gasteiger partial charge in [-0.3, -0.25) is 0 Å². The van der Waals surface area contributed by atoms with Gasteiger partial charge in [-0.25, -0.2) is 4.79 Å². The fraction of sp³-hybridized carbons (Fsp3) is 0.250. The molecule has 1 atom stereocenters. The molecule has 0 aliphatic rings. The first-order chi connectivity index (χ1) is 7.20. The Hall–Kier alpha value is -1.61. The fourth-order valence-electron chi connectivity index (χ4n) is 1.20. The second-order valence-electron chi connectivity index (χ2n) is 3.24. The highest BCUT2D eigenvalue weighted by atomic mass is 16.4. The van der Waals surface area contributed by atoms with Crippen molar-refractivity contribution in [2.75, 3.05) is 0 Å². The van der Waals surface area contributed by atoms with Gasteiger partial charge in [-0.15, -0.1) is 0 Å². The number of aliphatic hydroxyl groups excluding tert-OH is 1. The van der Waals surface area contributed by atoms with Crippen molar-refractivity contribution in [3.8, 4) is 0 Å². The molecule has 0 fully saturated rings. The first-order valence-electron chi connectivity index (χ1n) is 4.81. The summed E-state index contributed by atoms with van der Waals surface area (Å²) in [7, 11) is 0. The zero-order chi connectivity index (χ0) is 11.1. The van der Waals surface area contributed by atoms with Crippen molar-refractivity contribution < 1.29 is 15.0 Å². The Morgan fingerprint density at radius 2 is 2.00 bits per heavy atom. The monoisotopic (exact) mass is 206 g/mol. The van der Waals surface area contributed by atoms with Gasteiger partial charge in [0.25, 0.3) is 0 Å². The number of aliphatic carboxylic acids is 1. The number of rotatable bonds is 5. The summed E-state index contributed by atoms with van der Waals surface area (Å²) in [5, 5.41) is 17.3. The van der Waals surface area contributed by atoms with Crippen molar-refractivity contribution in [2.45, 2.75) is 18.9 Å². The third-order valence-electron chi connectivity index (χ3n) is 2.01. The first kappa shape index (κ1) is 11.5. The molecule has 0 amide bonds. The van der Waals surface area contributed by atoms with Crippen molar-refractivity contribution in [3.63, 3.8) is 0 Å². The second kappa shape index (κ2) is 5.98. The van der Waals surface area contributed by atoms with Gasteiger partial charge in [0.15, 0.2) is 6.10 Å². The zero-order valence-corrected chi connectivity index (χ0v) is 8.34. The number of hydrogen-bond donors (Lipinski definition) is 2. The molecule has 0 saturated carbocycles. The van der Waals surface area contributed by atoms with Crippen LogP contribution in [0.4, 0.5) is 0 Å². The van der Waals surface area contributed by atoms with Crippen LogP contribution in [0.5, 0.6) is 0 Å². The molecule has 1 rings (SSSR count). The Morgan fingerprint density at radius 3 is 2.60 bits per heavy atom. The largest absolute Gasteiger partial charge is 0.479 e. The molecule has 3 nitrogen and oxygen atoms in total. The standard InChI is InChI=1S/C12H14O3/c13-11(12(14)15)9-5-4-8-10-6-2-1-3-7-10/h1-3,5-7,9,11,13H,4,8H2,(H,14,15)/t11-/m1/s1. The van der Waals surface area contributed by atoms with Crippen molar-refractivity contribution >= 4 is 5.97 Å². The molecule has 0 aromatic heterocycles. The number of aliphatic hydroxyl groups is 1. The lowest BCUT2D eigenvalue weighted by atomic mass is 10.1. The van der Waals surface area contributed by atoms with Crippen LogP contribution in [-0.2, 0) is 11.2 Å². The number of carboxylic acid groups (broad SMARTS) is 1. The molecule has 0 bridgehead atoms. The lowest BCUT2D eigenvalue weighted by Gasteiger charge is -1.98. The van der Waals surface area contributed by atoms with Crippen LogP contribution in [0.2, 0.25) is 0 Å². The van der Waals surface area contributed by atoms with Crippen LogP contribution in [0.25, 0.3) is 0 Å². The molecule has 1 aromatic rings. The average molecular weight is 206 g/mol. The van der Waals surface area contributed by atoms with Crippen LogP contribution in [0, 0.1) is 0 Å². The van der Waals surface area contributed by atoms with Gasteiger partial charge in [0.05, 0.1) is 0 Å². The van der Waals surface area contributed by atoms with Crippen LogP contribution in [0.1, 0.15) is 12.0 Å². The topological polar surface area (TPSA) is 57.5 Å². The minimum absolute atomic E-state index is 0.731. The number of carboxylic acids is 1. The summed E-state index contributed by atoms with van der Waals surface area (Å²) < 4.78 is 0. The maximum Gasteiger partial charge on any atom is 0.336 e. The number of carbonyl (C=O) groups is 1. The van der Waals surface area contributed by atoms with Gasteiger partial charge >= 0.3 is 5.97 Å². The summed E-state index contributed by atoms with van der Waals surface area (Å²) in [5.41, 5.74) is 1.20. The van der Waals surface area contributed by atoms with Gasteiger partial charge < -0.3 is 10.2 Å². The predicted molar refractivity (Wildman–Crippen MR) is 57.5 cm³/mol. The number of allylic oxidation sites excluding steroid dienone is 1. The fourth-order valence-corrected chi connectivity index (χ4v) is 1.20. The SMILES string of the molecule is O=C(O)[C@H](O)C=CCCc1ccccc1. The van der Waals surface area contributed by atoms with E-state index in [2.05, 4.69) is 0 Å². The molecule has 0 unspecified atom stereocenters. The summed E-state index contributed by atoms with van der Waals surface area (Å²) in [4.78, 5) is 10.3. The van der Waals surface area contributed by atoms with E-state index in [9.17, 15) is 4.79 Å². The molecule has 0 saturated heterocycles. The van der Waals surface area contributed by atoms with Crippen LogP contribution in [-0.4, -0.2) is 22.3 Å². The van der Waals surface area contributed by atoms with E-state index in [1.165, 1.54) is 11.6 Å². The van der Waals surface area contributed by atoms with Gasteiger partial charge in [-0.05, 0) is 24.5 Å². The van der Waals surface area contributed by atoms with E-state index in [0.717, 1.165) is 12.8 Å². The lowest BCUT2D eigenvalue weighted by Crippen LogP contribution is -2.15. The Labute approximate surface area is 88.7 Å². The highest BCUT2D eigenvalue weighted by Crippen LogP contribution is 2.03. The van der Waals surface area contributed by atoms with Crippen LogP contribution >= 0.6 is 0 Å². The van der Waals surface area contributed by atoms with Crippen molar-refractivity contribution in [1.82, 2.24) is 0 Å². The molecule has 15 heavy (non-hydrogen) atoms. The van der Waals surface area contributed by atoms with Crippen molar-refractivity contribution in [3.05, 3.63) is 48.0 Å². The Kier molecular flexibility index (Phi) is 4.57. The maximum atomic E-state index is 10.3. The molecule has 0 spiro atoms. The quantitative estimate of drug-likeness (QED) is 0.720. The molecule has 3 heteroatoms. The lowest BCUT2D eigenvalue weighted by molar-refractivity contribution is -0.144. The molecule has 0 aliphatic carbocycles. The summed E-state index contributed by atoms with van der Waals surface area (Å²) in [6.07, 6.45) is 3.18. The van der Waals surface area contributed by atoms with Gasteiger partial charge in [0.2, 0.25) is 0 Å². The first-order valence-corrected chi connectivity index (χ1v) is 4.81. The predicted octanol–water partition coefficient (Wildman–Crippen LogP) is 1.62. The van der Waals surface area contributed by atoms with Gasteiger partial charge in [0, 0.05) is 0 Å². The highest BCUT2D eigenvalue weighted by molar-refractivity contribution is 5.74. The van der Waals surface area contributed by atoms with Gasteiger partial charge in [-0.1, -0.05) is 36.4 Å². The van der Waals surface area contributed by atoms with E-state index in [1.54, 1.807) is 6.08 Å². The molecule has 0 aliphatic heterocycles. The van der Waals surface area contributed by atoms with Gasteiger partial charge in [-0.2, -0.15) is 0 Å². The van der Waals surface area contributed by atoms with Gasteiger partial charge in [0.1, 0.15) is 0 Å². The van der Waals surface area contributed by atoms with E-state index in [4.69, 9.17) is 10.2 Å². The number of benzene rings is 1. The van der Waals surface area contributed by atoms with Crippen molar-refractivity contribution in [2.24, 2.45) is 0 Å². The Morgan fingerprint density at radius 1 is 1.33 bits per heavy atom. The van der Waals surface area contributed by atoms with Crippen LogP contribution in [0.15, 0.2) is 42.5 Å². The molecule has 1 aromatic carbocycles. The Balaban J connectivity index is 2.31. The maximum absolute atomic E-state index is 10.3. The Bertz CT molecular complexity index is 330. The molecule has 0 heterocycles.